The first-order valence-corrected chi connectivity index (χ1v) is 6.27. The van der Waals surface area contributed by atoms with Crippen LogP contribution < -0.4 is 5.32 Å². The van der Waals surface area contributed by atoms with Crippen molar-refractivity contribution < 1.29 is 0 Å². The van der Waals surface area contributed by atoms with Crippen LogP contribution in [0.1, 0.15) is 38.5 Å². The lowest BCUT2D eigenvalue weighted by Gasteiger charge is -2.28. The Bertz CT molecular complexity index is 295. The van der Waals surface area contributed by atoms with Crippen LogP contribution in [0.4, 0.5) is 5.13 Å². The zero-order chi connectivity index (χ0) is 9.43. The van der Waals surface area contributed by atoms with Crippen molar-refractivity contribution in [1.82, 2.24) is 10.2 Å². The third-order valence-electron chi connectivity index (χ3n) is 3.69. The molecule has 1 aromatic heterocycles. The van der Waals surface area contributed by atoms with E-state index in [1.807, 2.05) is 0 Å². The van der Waals surface area contributed by atoms with E-state index in [0.717, 1.165) is 10.5 Å². The van der Waals surface area contributed by atoms with Crippen LogP contribution >= 0.6 is 11.3 Å². The van der Waals surface area contributed by atoms with Gasteiger partial charge in [-0.2, -0.15) is 0 Å². The molecule has 4 heteroatoms. The minimum absolute atomic E-state index is 0.647. The maximum absolute atomic E-state index is 4.02. The van der Waals surface area contributed by atoms with E-state index in [1.165, 1.54) is 38.5 Å². The fourth-order valence-corrected chi connectivity index (χ4v) is 2.98. The van der Waals surface area contributed by atoms with Gasteiger partial charge in [-0.25, -0.2) is 0 Å². The predicted molar refractivity (Wildman–Crippen MR) is 57.5 cm³/mol. The monoisotopic (exact) mass is 209 g/mol. The van der Waals surface area contributed by atoms with Crippen molar-refractivity contribution in [3.05, 3.63) is 5.51 Å². The molecule has 0 radical (unpaired) electrons. The molecule has 14 heavy (non-hydrogen) atoms. The highest BCUT2D eigenvalue weighted by molar-refractivity contribution is 7.13. The van der Waals surface area contributed by atoms with E-state index in [2.05, 4.69) is 15.5 Å². The van der Waals surface area contributed by atoms with Crippen molar-refractivity contribution in [3.8, 4) is 0 Å². The van der Waals surface area contributed by atoms with Crippen LogP contribution in [0.5, 0.6) is 0 Å². The fraction of sp³-hybridized carbons (Fsp3) is 0.800. The molecular formula is C10H15N3S. The molecule has 3 nitrogen and oxygen atoms in total. The van der Waals surface area contributed by atoms with Crippen LogP contribution in [0.15, 0.2) is 5.51 Å². The van der Waals surface area contributed by atoms with E-state index in [-0.39, 0.29) is 0 Å². The quantitative estimate of drug-likeness (QED) is 0.813. The van der Waals surface area contributed by atoms with Crippen molar-refractivity contribution >= 4 is 16.5 Å². The highest BCUT2D eigenvalue weighted by atomic mass is 32.1. The molecule has 0 saturated heterocycles. The van der Waals surface area contributed by atoms with Gasteiger partial charge in [0.2, 0.25) is 5.13 Å². The number of anilines is 1. The molecule has 1 spiro atoms. The highest BCUT2D eigenvalue weighted by Gasteiger charge is 2.44. The lowest BCUT2D eigenvalue weighted by atomic mass is 9.83. The molecule has 1 aromatic rings. The van der Waals surface area contributed by atoms with Crippen molar-refractivity contribution in [2.24, 2.45) is 5.41 Å². The first-order chi connectivity index (χ1) is 6.86. The van der Waals surface area contributed by atoms with E-state index in [1.54, 1.807) is 16.8 Å². The second-order valence-electron chi connectivity index (χ2n) is 4.66. The molecule has 76 valence electrons. The van der Waals surface area contributed by atoms with Gasteiger partial charge in [-0.15, -0.1) is 10.2 Å². The van der Waals surface area contributed by atoms with Crippen LogP contribution in [0.25, 0.3) is 0 Å². The maximum Gasteiger partial charge on any atom is 0.205 e. The van der Waals surface area contributed by atoms with Crippen LogP contribution in [-0.4, -0.2) is 16.2 Å². The van der Waals surface area contributed by atoms with Gasteiger partial charge in [0, 0.05) is 6.04 Å². The van der Waals surface area contributed by atoms with E-state index in [9.17, 15) is 0 Å². The number of nitrogens with zero attached hydrogens (tertiary/aromatic N) is 2. The summed E-state index contributed by atoms with van der Waals surface area (Å²) in [4.78, 5) is 0. The second-order valence-corrected chi connectivity index (χ2v) is 5.50. The SMILES string of the molecule is c1nnc(NC2CCC3(CC2)CC3)s1. The summed E-state index contributed by atoms with van der Waals surface area (Å²) in [6.45, 7) is 0. The van der Waals surface area contributed by atoms with Gasteiger partial charge in [0.25, 0.3) is 0 Å². The molecule has 0 bridgehead atoms. The summed E-state index contributed by atoms with van der Waals surface area (Å²) >= 11 is 1.60. The lowest BCUT2D eigenvalue weighted by molar-refractivity contribution is 0.317. The lowest BCUT2D eigenvalue weighted by Crippen LogP contribution is -2.26. The fourth-order valence-electron chi connectivity index (χ4n) is 2.46. The van der Waals surface area contributed by atoms with E-state index in [4.69, 9.17) is 0 Å². The molecule has 3 rings (SSSR count). The number of hydrogen-bond donors (Lipinski definition) is 1. The molecule has 2 aliphatic rings. The molecule has 2 aliphatic carbocycles. The number of hydrogen-bond acceptors (Lipinski definition) is 4. The van der Waals surface area contributed by atoms with Crippen LogP contribution in [0, 0.1) is 5.41 Å². The Morgan fingerprint density at radius 3 is 2.64 bits per heavy atom. The molecule has 0 aromatic carbocycles. The van der Waals surface area contributed by atoms with Crippen molar-refractivity contribution in [2.75, 3.05) is 5.32 Å². The molecule has 1 heterocycles. The van der Waals surface area contributed by atoms with Crippen molar-refractivity contribution in [3.63, 3.8) is 0 Å². The summed E-state index contributed by atoms with van der Waals surface area (Å²) in [5.74, 6) is 0. The Kier molecular flexibility index (Phi) is 1.97. The van der Waals surface area contributed by atoms with Crippen LogP contribution in [0.3, 0.4) is 0 Å². The summed E-state index contributed by atoms with van der Waals surface area (Å²) in [6.07, 6.45) is 8.45. The maximum atomic E-state index is 4.02. The molecular weight excluding hydrogens is 194 g/mol. The molecule has 1 N–H and O–H groups in total. The van der Waals surface area contributed by atoms with Gasteiger partial charge in [0.15, 0.2) is 0 Å². The van der Waals surface area contributed by atoms with Gasteiger partial charge in [-0.05, 0) is 43.9 Å². The Hall–Kier alpha value is -0.640. The van der Waals surface area contributed by atoms with Gasteiger partial charge in [-0.1, -0.05) is 11.3 Å². The van der Waals surface area contributed by atoms with Crippen molar-refractivity contribution in [1.29, 1.82) is 0 Å². The zero-order valence-corrected chi connectivity index (χ0v) is 9.02. The molecule has 0 unspecified atom stereocenters. The second kappa shape index (κ2) is 3.19. The van der Waals surface area contributed by atoms with Crippen molar-refractivity contribution in [2.45, 2.75) is 44.6 Å². The third kappa shape index (κ3) is 1.63. The molecule has 0 atom stereocenters. The van der Waals surface area contributed by atoms with Crippen LogP contribution in [0.2, 0.25) is 0 Å². The van der Waals surface area contributed by atoms with Gasteiger partial charge in [-0.3, -0.25) is 0 Å². The van der Waals surface area contributed by atoms with E-state index >= 15 is 0 Å². The normalized spacial score (nSPS) is 25.1. The molecule has 0 amide bonds. The Morgan fingerprint density at radius 1 is 1.29 bits per heavy atom. The molecule has 0 aliphatic heterocycles. The summed E-state index contributed by atoms with van der Waals surface area (Å²) in [7, 11) is 0. The Balaban J connectivity index is 1.55. The first-order valence-electron chi connectivity index (χ1n) is 5.39. The average Bonchev–Trinajstić information content (AvgIpc) is 2.77. The van der Waals surface area contributed by atoms with E-state index < -0.39 is 0 Å². The van der Waals surface area contributed by atoms with Gasteiger partial charge in [0.05, 0.1) is 0 Å². The Labute approximate surface area is 87.9 Å². The zero-order valence-electron chi connectivity index (χ0n) is 8.20. The van der Waals surface area contributed by atoms with Crippen LogP contribution in [-0.2, 0) is 0 Å². The third-order valence-corrected chi connectivity index (χ3v) is 4.31. The minimum atomic E-state index is 0.647. The average molecular weight is 209 g/mol. The van der Waals surface area contributed by atoms with Gasteiger partial charge >= 0.3 is 0 Å². The smallest absolute Gasteiger partial charge is 0.205 e. The number of aromatic nitrogens is 2. The van der Waals surface area contributed by atoms with Gasteiger partial charge < -0.3 is 5.32 Å². The largest absolute Gasteiger partial charge is 0.357 e. The van der Waals surface area contributed by atoms with E-state index in [0.29, 0.717) is 6.04 Å². The topological polar surface area (TPSA) is 37.8 Å². The predicted octanol–water partition coefficient (Wildman–Crippen LogP) is 2.67. The molecule has 2 saturated carbocycles. The minimum Gasteiger partial charge on any atom is -0.357 e. The molecule has 2 fully saturated rings. The summed E-state index contributed by atoms with van der Waals surface area (Å²) in [5.41, 5.74) is 2.58. The standard InChI is InChI=1S/C10H15N3S/c1-3-10(5-6-10)4-2-8(1)12-9-13-11-7-14-9/h7-8H,1-6H2,(H,12,13). The number of nitrogens with one attached hydrogen (secondary N) is 1. The van der Waals surface area contributed by atoms with Gasteiger partial charge in [0.1, 0.15) is 5.51 Å². The summed E-state index contributed by atoms with van der Waals surface area (Å²) < 4.78 is 0. The summed E-state index contributed by atoms with van der Waals surface area (Å²) in [6, 6.07) is 0.647. The number of rotatable bonds is 2. The first kappa shape index (κ1) is 8.65. The Morgan fingerprint density at radius 2 is 2.07 bits per heavy atom. The summed E-state index contributed by atoms with van der Waals surface area (Å²) in [5, 5.41) is 12.3. The highest BCUT2D eigenvalue weighted by Crippen LogP contribution is 2.56.